The van der Waals surface area contributed by atoms with Crippen molar-refractivity contribution in [1.82, 2.24) is 10.2 Å². The summed E-state index contributed by atoms with van der Waals surface area (Å²) in [7, 11) is 0. The van der Waals surface area contributed by atoms with Crippen molar-refractivity contribution in [2.45, 2.75) is 52.7 Å². The molecule has 6 nitrogen and oxygen atoms in total. The van der Waals surface area contributed by atoms with Gasteiger partial charge in [0, 0.05) is 18.6 Å². The van der Waals surface area contributed by atoms with E-state index in [-0.39, 0.29) is 17.4 Å². The fourth-order valence-electron chi connectivity index (χ4n) is 2.08. The Bertz CT molecular complexity index is 357. The predicted octanol–water partition coefficient (Wildman–Crippen LogP) is 1.78. The van der Waals surface area contributed by atoms with Crippen molar-refractivity contribution >= 4 is 12.0 Å². The highest BCUT2D eigenvalue weighted by Crippen LogP contribution is 2.14. The maximum absolute atomic E-state index is 12.5. The molecule has 1 fully saturated rings. The molecule has 1 rings (SSSR count). The molecule has 0 aromatic heterocycles. The number of amides is 2. The number of carbonyl (C=O) groups excluding carboxylic acids is 2. The van der Waals surface area contributed by atoms with Gasteiger partial charge < -0.3 is 19.7 Å². The Morgan fingerprint density at radius 1 is 1.24 bits per heavy atom. The zero-order chi connectivity index (χ0) is 16.0. The van der Waals surface area contributed by atoms with Crippen LogP contribution in [0.3, 0.4) is 0 Å². The van der Waals surface area contributed by atoms with E-state index < -0.39 is 12.2 Å². The number of ether oxygens (including phenoxy) is 2. The van der Waals surface area contributed by atoms with Crippen LogP contribution in [0.5, 0.6) is 0 Å². The number of alkyl carbamates (subject to hydrolysis) is 1. The van der Waals surface area contributed by atoms with Gasteiger partial charge in [-0.3, -0.25) is 4.79 Å². The lowest BCUT2D eigenvalue weighted by Gasteiger charge is -2.31. The third-order valence-corrected chi connectivity index (χ3v) is 3.01. The molecule has 122 valence electrons. The van der Waals surface area contributed by atoms with Gasteiger partial charge in [0.1, 0.15) is 0 Å². The summed E-state index contributed by atoms with van der Waals surface area (Å²) >= 11 is 0. The van der Waals surface area contributed by atoms with Crippen LogP contribution in [0.25, 0.3) is 0 Å². The first kappa shape index (κ1) is 17.8. The predicted molar refractivity (Wildman–Crippen MR) is 80.0 cm³/mol. The van der Waals surface area contributed by atoms with Crippen LogP contribution in [0.15, 0.2) is 0 Å². The molecule has 0 bridgehead atoms. The fraction of sp³-hybridized carbons (Fsp3) is 0.867. The Kier molecular flexibility index (Phi) is 6.45. The molecular weight excluding hydrogens is 272 g/mol. The summed E-state index contributed by atoms with van der Waals surface area (Å²) in [5.74, 6) is 0.137. The minimum atomic E-state index is -0.731. The van der Waals surface area contributed by atoms with Gasteiger partial charge in [-0.25, -0.2) is 4.79 Å². The van der Waals surface area contributed by atoms with E-state index in [2.05, 4.69) is 5.32 Å². The number of hydrogen-bond donors (Lipinski definition) is 1. The number of rotatable bonds is 4. The molecule has 1 aliphatic rings. The van der Waals surface area contributed by atoms with Crippen LogP contribution in [0, 0.1) is 5.92 Å². The average molecular weight is 300 g/mol. The van der Waals surface area contributed by atoms with Crippen LogP contribution in [-0.4, -0.2) is 54.8 Å². The molecular formula is C15H28N2O4. The second-order valence-corrected chi connectivity index (χ2v) is 6.84. The van der Waals surface area contributed by atoms with Crippen molar-refractivity contribution in [3.8, 4) is 0 Å². The van der Waals surface area contributed by atoms with Crippen molar-refractivity contribution in [3.63, 3.8) is 0 Å². The Labute approximate surface area is 127 Å². The lowest BCUT2D eigenvalue weighted by molar-refractivity contribution is -0.145. The van der Waals surface area contributed by atoms with Gasteiger partial charge in [-0.2, -0.15) is 0 Å². The summed E-state index contributed by atoms with van der Waals surface area (Å²) in [5, 5.41) is 2.72. The van der Waals surface area contributed by atoms with Gasteiger partial charge in [-0.1, -0.05) is 13.8 Å². The van der Waals surface area contributed by atoms with E-state index in [4.69, 9.17) is 9.47 Å². The van der Waals surface area contributed by atoms with Gasteiger partial charge in [0.05, 0.1) is 13.2 Å². The third kappa shape index (κ3) is 6.80. The van der Waals surface area contributed by atoms with E-state index in [1.807, 2.05) is 34.6 Å². The summed E-state index contributed by atoms with van der Waals surface area (Å²) in [5.41, 5.74) is -0.387. The molecule has 0 aliphatic carbocycles. The molecule has 0 saturated carbocycles. The molecule has 1 atom stereocenters. The van der Waals surface area contributed by atoms with Gasteiger partial charge in [-0.15, -0.1) is 0 Å². The van der Waals surface area contributed by atoms with Gasteiger partial charge >= 0.3 is 6.09 Å². The number of carbonyl (C=O) groups is 2. The molecule has 21 heavy (non-hydrogen) atoms. The maximum Gasteiger partial charge on any atom is 0.408 e. The first-order chi connectivity index (χ1) is 9.69. The molecule has 0 aromatic rings. The van der Waals surface area contributed by atoms with Gasteiger partial charge in [0.15, 0.2) is 6.10 Å². The van der Waals surface area contributed by atoms with E-state index in [0.29, 0.717) is 32.7 Å². The quantitative estimate of drug-likeness (QED) is 0.859. The third-order valence-electron chi connectivity index (χ3n) is 3.01. The van der Waals surface area contributed by atoms with Gasteiger partial charge in [0.25, 0.3) is 5.91 Å². The Morgan fingerprint density at radius 2 is 1.81 bits per heavy atom. The zero-order valence-corrected chi connectivity index (χ0v) is 13.8. The second-order valence-electron chi connectivity index (χ2n) is 6.84. The normalized spacial score (nSPS) is 17.5. The Hall–Kier alpha value is -1.30. The van der Waals surface area contributed by atoms with Crippen LogP contribution < -0.4 is 5.32 Å². The number of hydrogen-bond acceptors (Lipinski definition) is 4. The lowest BCUT2D eigenvalue weighted by Crippen LogP contribution is -2.49. The Morgan fingerprint density at radius 3 is 2.29 bits per heavy atom. The highest BCUT2D eigenvalue weighted by molar-refractivity contribution is 5.83. The summed E-state index contributed by atoms with van der Waals surface area (Å²) < 4.78 is 10.6. The van der Waals surface area contributed by atoms with Crippen molar-refractivity contribution in [3.05, 3.63) is 0 Å². The number of nitrogens with zero attached hydrogens (tertiary/aromatic N) is 1. The standard InChI is InChI=1S/C15H28N2O4/c1-11(2)10-12(21-14(19)16-15(3,4)5)13(18)17-6-8-20-9-7-17/h11-12H,6-10H2,1-5H3,(H,16,19)/t12-/m0/s1. The molecule has 2 amide bonds. The van der Waals surface area contributed by atoms with Crippen molar-refractivity contribution in [2.75, 3.05) is 26.3 Å². The van der Waals surface area contributed by atoms with E-state index in [1.165, 1.54) is 0 Å². The summed E-state index contributed by atoms with van der Waals surface area (Å²) in [6, 6.07) is 0. The van der Waals surface area contributed by atoms with Crippen LogP contribution in [0.1, 0.15) is 41.0 Å². The summed E-state index contributed by atoms with van der Waals surface area (Å²) in [4.78, 5) is 26.1. The average Bonchev–Trinajstić information content (AvgIpc) is 2.35. The summed E-state index contributed by atoms with van der Waals surface area (Å²) in [6.07, 6.45) is -0.756. The van der Waals surface area contributed by atoms with Crippen LogP contribution in [-0.2, 0) is 14.3 Å². The highest BCUT2D eigenvalue weighted by atomic mass is 16.6. The monoisotopic (exact) mass is 300 g/mol. The number of nitrogens with one attached hydrogen (secondary N) is 1. The van der Waals surface area contributed by atoms with Crippen LogP contribution >= 0.6 is 0 Å². The molecule has 0 radical (unpaired) electrons. The first-order valence-electron chi connectivity index (χ1n) is 7.54. The molecule has 1 saturated heterocycles. The highest BCUT2D eigenvalue weighted by Gasteiger charge is 2.30. The largest absolute Gasteiger partial charge is 0.436 e. The molecule has 1 N–H and O–H groups in total. The summed E-state index contributed by atoms with van der Waals surface area (Å²) in [6.45, 7) is 11.8. The zero-order valence-electron chi connectivity index (χ0n) is 13.8. The molecule has 1 aliphatic heterocycles. The molecule has 0 spiro atoms. The Balaban J connectivity index is 2.65. The van der Waals surface area contributed by atoms with Crippen molar-refractivity contribution in [1.29, 1.82) is 0 Å². The maximum atomic E-state index is 12.5. The fourth-order valence-corrected chi connectivity index (χ4v) is 2.08. The van der Waals surface area contributed by atoms with E-state index in [9.17, 15) is 9.59 Å². The first-order valence-corrected chi connectivity index (χ1v) is 7.54. The number of morpholine rings is 1. The van der Waals surface area contributed by atoms with Crippen molar-refractivity contribution in [2.24, 2.45) is 5.92 Å². The SMILES string of the molecule is CC(C)C[C@H](OC(=O)NC(C)(C)C)C(=O)N1CCOCC1. The lowest BCUT2D eigenvalue weighted by atomic mass is 10.0. The van der Waals surface area contributed by atoms with E-state index in [1.54, 1.807) is 4.90 Å². The van der Waals surface area contributed by atoms with Gasteiger partial charge in [0.2, 0.25) is 0 Å². The second kappa shape index (κ2) is 7.64. The van der Waals surface area contributed by atoms with E-state index >= 15 is 0 Å². The van der Waals surface area contributed by atoms with Gasteiger partial charge in [-0.05, 0) is 33.1 Å². The topological polar surface area (TPSA) is 67.9 Å². The smallest absolute Gasteiger partial charge is 0.408 e. The molecule has 0 unspecified atom stereocenters. The van der Waals surface area contributed by atoms with Crippen molar-refractivity contribution < 1.29 is 19.1 Å². The minimum absolute atomic E-state index is 0.129. The molecule has 1 heterocycles. The van der Waals surface area contributed by atoms with Crippen LogP contribution in [0.2, 0.25) is 0 Å². The van der Waals surface area contributed by atoms with E-state index in [0.717, 1.165) is 0 Å². The minimum Gasteiger partial charge on any atom is -0.436 e. The molecule has 6 heteroatoms. The molecule has 0 aromatic carbocycles. The van der Waals surface area contributed by atoms with Crippen LogP contribution in [0.4, 0.5) is 4.79 Å².